The molecular formula is C17H14N2. The lowest BCUT2D eigenvalue weighted by Crippen LogP contribution is -1.92. The van der Waals surface area contributed by atoms with E-state index >= 15 is 0 Å². The molecule has 0 radical (unpaired) electrons. The minimum absolute atomic E-state index is 0.943. The van der Waals surface area contributed by atoms with Crippen LogP contribution in [0, 0.1) is 0 Å². The molecule has 0 aliphatic carbocycles. The van der Waals surface area contributed by atoms with E-state index in [1.54, 1.807) is 0 Å². The molecular weight excluding hydrogens is 232 g/mol. The van der Waals surface area contributed by atoms with Gasteiger partial charge in [0.05, 0.1) is 17.4 Å². The Kier molecular flexibility index (Phi) is 2.12. The maximum atomic E-state index is 4.63. The average molecular weight is 246 g/mol. The van der Waals surface area contributed by atoms with Crippen molar-refractivity contribution in [2.24, 2.45) is 0 Å². The summed E-state index contributed by atoms with van der Waals surface area (Å²) in [6.45, 7) is 3.10. The van der Waals surface area contributed by atoms with Gasteiger partial charge in [0, 0.05) is 17.3 Å². The molecule has 1 heterocycles. The van der Waals surface area contributed by atoms with Gasteiger partial charge < -0.3 is 4.57 Å². The van der Waals surface area contributed by atoms with Gasteiger partial charge in [0.25, 0.3) is 0 Å². The molecule has 0 unspecified atom stereocenters. The number of fused-ring (bicyclic) bond motifs is 6. The van der Waals surface area contributed by atoms with Crippen LogP contribution in [-0.4, -0.2) is 9.55 Å². The highest BCUT2D eigenvalue weighted by atomic mass is 15.0. The zero-order valence-corrected chi connectivity index (χ0v) is 10.8. The summed E-state index contributed by atoms with van der Waals surface area (Å²) in [6.07, 6.45) is 1.95. The number of aryl methyl sites for hydroxylation is 1. The summed E-state index contributed by atoms with van der Waals surface area (Å²) in [5.41, 5.74) is 2.35. The van der Waals surface area contributed by atoms with E-state index in [2.05, 4.69) is 65.0 Å². The zero-order chi connectivity index (χ0) is 12.8. The minimum atomic E-state index is 0.943. The Labute approximate surface area is 111 Å². The van der Waals surface area contributed by atoms with Gasteiger partial charge in [0.15, 0.2) is 0 Å². The molecule has 2 nitrogen and oxygen atoms in total. The summed E-state index contributed by atoms with van der Waals surface area (Å²) in [4.78, 5) is 4.63. The SMILES string of the molecule is CCn1cnc2c3ccccc3c3ccccc3c21. The van der Waals surface area contributed by atoms with E-state index in [9.17, 15) is 0 Å². The Morgan fingerprint density at radius 3 is 2.11 bits per heavy atom. The number of imidazole rings is 1. The molecule has 4 rings (SSSR count). The van der Waals surface area contributed by atoms with Gasteiger partial charge in [-0.2, -0.15) is 0 Å². The van der Waals surface area contributed by atoms with Crippen LogP contribution in [0.25, 0.3) is 32.6 Å². The molecule has 2 heteroatoms. The lowest BCUT2D eigenvalue weighted by atomic mass is 10.00. The molecule has 0 aliphatic rings. The van der Waals surface area contributed by atoms with Crippen molar-refractivity contribution >= 4 is 32.6 Å². The number of rotatable bonds is 1. The molecule has 0 saturated heterocycles. The van der Waals surface area contributed by atoms with Crippen LogP contribution in [0.4, 0.5) is 0 Å². The van der Waals surface area contributed by atoms with Gasteiger partial charge >= 0.3 is 0 Å². The molecule has 1 aromatic heterocycles. The summed E-state index contributed by atoms with van der Waals surface area (Å²) in [6, 6.07) is 17.1. The van der Waals surface area contributed by atoms with Crippen molar-refractivity contribution in [2.75, 3.05) is 0 Å². The van der Waals surface area contributed by atoms with Crippen molar-refractivity contribution < 1.29 is 0 Å². The molecule has 4 aromatic rings. The summed E-state index contributed by atoms with van der Waals surface area (Å²) >= 11 is 0. The van der Waals surface area contributed by atoms with Crippen LogP contribution < -0.4 is 0 Å². The van der Waals surface area contributed by atoms with E-state index in [0.29, 0.717) is 0 Å². The molecule has 0 fully saturated rings. The molecule has 0 amide bonds. The first-order valence-electron chi connectivity index (χ1n) is 6.64. The molecule has 0 aliphatic heterocycles. The smallest absolute Gasteiger partial charge is 0.0969 e. The predicted molar refractivity (Wildman–Crippen MR) is 80.4 cm³/mol. The van der Waals surface area contributed by atoms with Crippen molar-refractivity contribution in [3.05, 3.63) is 54.9 Å². The fourth-order valence-corrected chi connectivity index (χ4v) is 2.95. The van der Waals surface area contributed by atoms with Gasteiger partial charge in [-0.3, -0.25) is 0 Å². The largest absolute Gasteiger partial charge is 0.330 e. The van der Waals surface area contributed by atoms with E-state index in [-0.39, 0.29) is 0 Å². The third-order valence-corrected chi connectivity index (χ3v) is 3.83. The first-order chi connectivity index (χ1) is 9.40. The summed E-state index contributed by atoms with van der Waals surface area (Å²) in [5.74, 6) is 0. The first-order valence-corrected chi connectivity index (χ1v) is 6.64. The van der Waals surface area contributed by atoms with Crippen LogP contribution in [0.2, 0.25) is 0 Å². The van der Waals surface area contributed by atoms with Crippen molar-refractivity contribution in [3.63, 3.8) is 0 Å². The lowest BCUT2D eigenvalue weighted by Gasteiger charge is -2.08. The first kappa shape index (κ1) is 10.6. The van der Waals surface area contributed by atoms with Gasteiger partial charge in [-0.05, 0) is 17.7 Å². The Morgan fingerprint density at radius 1 is 0.842 bits per heavy atom. The molecule has 0 spiro atoms. The second-order valence-corrected chi connectivity index (χ2v) is 4.82. The molecule has 0 saturated carbocycles. The normalized spacial score (nSPS) is 11.6. The quantitative estimate of drug-likeness (QED) is 0.456. The predicted octanol–water partition coefficient (Wildman–Crippen LogP) is 4.36. The Morgan fingerprint density at radius 2 is 1.42 bits per heavy atom. The van der Waals surface area contributed by atoms with Crippen LogP contribution in [0.15, 0.2) is 54.9 Å². The van der Waals surface area contributed by atoms with E-state index < -0.39 is 0 Å². The fraction of sp³-hybridized carbons (Fsp3) is 0.118. The highest BCUT2D eigenvalue weighted by Gasteiger charge is 2.11. The molecule has 0 bridgehead atoms. The molecule has 19 heavy (non-hydrogen) atoms. The van der Waals surface area contributed by atoms with Gasteiger partial charge in [-0.1, -0.05) is 48.5 Å². The van der Waals surface area contributed by atoms with Crippen LogP contribution >= 0.6 is 0 Å². The zero-order valence-electron chi connectivity index (χ0n) is 10.8. The highest BCUT2D eigenvalue weighted by molar-refractivity contribution is 6.23. The monoisotopic (exact) mass is 246 g/mol. The average Bonchev–Trinajstić information content (AvgIpc) is 2.92. The van der Waals surface area contributed by atoms with Crippen molar-refractivity contribution in [3.8, 4) is 0 Å². The maximum absolute atomic E-state index is 4.63. The highest BCUT2D eigenvalue weighted by Crippen LogP contribution is 2.33. The topological polar surface area (TPSA) is 17.8 Å². The second kappa shape index (κ2) is 3.82. The van der Waals surface area contributed by atoms with E-state index in [1.165, 1.54) is 27.1 Å². The third-order valence-electron chi connectivity index (χ3n) is 3.83. The standard InChI is InChI=1S/C17H14N2/c1-2-19-11-18-16-14-9-5-3-7-12(14)13-8-4-6-10-15(13)17(16)19/h3-11H,2H2,1H3. The summed E-state index contributed by atoms with van der Waals surface area (Å²) in [5, 5.41) is 5.12. The van der Waals surface area contributed by atoms with Crippen molar-refractivity contribution in [1.29, 1.82) is 0 Å². The number of hydrogen-bond donors (Lipinski definition) is 0. The van der Waals surface area contributed by atoms with E-state index in [1.807, 2.05) is 6.33 Å². The van der Waals surface area contributed by atoms with Crippen molar-refractivity contribution in [2.45, 2.75) is 13.5 Å². The lowest BCUT2D eigenvalue weighted by molar-refractivity contribution is 0.789. The number of aromatic nitrogens is 2. The molecule has 92 valence electrons. The molecule has 3 aromatic carbocycles. The van der Waals surface area contributed by atoms with Crippen LogP contribution in [0.3, 0.4) is 0 Å². The third kappa shape index (κ3) is 1.34. The maximum Gasteiger partial charge on any atom is 0.0969 e. The molecule has 0 atom stereocenters. The van der Waals surface area contributed by atoms with Gasteiger partial charge in [-0.25, -0.2) is 4.98 Å². The minimum Gasteiger partial charge on any atom is -0.330 e. The van der Waals surface area contributed by atoms with Crippen LogP contribution in [-0.2, 0) is 6.54 Å². The second-order valence-electron chi connectivity index (χ2n) is 4.82. The Balaban J connectivity index is 2.41. The van der Waals surface area contributed by atoms with Crippen LogP contribution in [0.1, 0.15) is 6.92 Å². The number of nitrogens with zero attached hydrogens (tertiary/aromatic N) is 2. The van der Waals surface area contributed by atoms with E-state index in [4.69, 9.17) is 0 Å². The van der Waals surface area contributed by atoms with E-state index in [0.717, 1.165) is 12.1 Å². The van der Waals surface area contributed by atoms with Crippen LogP contribution in [0.5, 0.6) is 0 Å². The van der Waals surface area contributed by atoms with Gasteiger partial charge in [0.1, 0.15) is 0 Å². The Hall–Kier alpha value is -2.35. The van der Waals surface area contributed by atoms with Crippen molar-refractivity contribution in [1.82, 2.24) is 9.55 Å². The number of hydrogen-bond acceptors (Lipinski definition) is 1. The number of benzene rings is 3. The van der Waals surface area contributed by atoms with Gasteiger partial charge in [-0.15, -0.1) is 0 Å². The summed E-state index contributed by atoms with van der Waals surface area (Å²) < 4.78 is 2.23. The van der Waals surface area contributed by atoms with Gasteiger partial charge in [0.2, 0.25) is 0 Å². The fourth-order valence-electron chi connectivity index (χ4n) is 2.95. The Bertz CT molecular complexity index is 903. The molecule has 0 N–H and O–H groups in total. The summed E-state index contributed by atoms with van der Waals surface area (Å²) in [7, 11) is 0.